The van der Waals surface area contributed by atoms with E-state index >= 15 is 0 Å². The third kappa shape index (κ3) is 3.43. The molecule has 136 valence electrons. The van der Waals surface area contributed by atoms with Crippen LogP contribution in [0.25, 0.3) is 0 Å². The van der Waals surface area contributed by atoms with Crippen LogP contribution < -0.4 is 5.32 Å². The van der Waals surface area contributed by atoms with Gasteiger partial charge in [-0.2, -0.15) is 5.10 Å². The van der Waals surface area contributed by atoms with Crippen molar-refractivity contribution in [2.45, 2.75) is 65.1 Å². The van der Waals surface area contributed by atoms with Gasteiger partial charge in [-0.15, -0.1) is 0 Å². The molecule has 0 spiro atoms. The Morgan fingerprint density at radius 1 is 1.48 bits per heavy atom. The molecule has 2 aromatic heterocycles. The van der Waals surface area contributed by atoms with E-state index in [2.05, 4.69) is 17.3 Å². The molecule has 1 N–H and O–H groups in total. The molecule has 0 bridgehead atoms. The first-order chi connectivity index (χ1) is 11.9. The van der Waals surface area contributed by atoms with E-state index in [1.807, 2.05) is 49.5 Å². The smallest absolute Gasteiger partial charge is 0.318 e. The SMILES string of the molecule is CC[C@@H](NC(=O)N(C1CC1)[C@H](C)c1ccco1)c1c(C)nn(C)c1C. The lowest BCUT2D eigenvalue weighted by molar-refractivity contribution is 0.162. The van der Waals surface area contributed by atoms with E-state index in [0.717, 1.165) is 42.0 Å². The average Bonchev–Trinajstić information content (AvgIpc) is 3.17. The summed E-state index contributed by atoms with van der Waals surface area (Å²) in [5.41, 5.74) is 3.20. The van der Waals surface area contributed by atoms with Crippen molar-refractivity contribution < 1.29 is 9.21 Å². The van der Waals surface area contributed by atoms with Crippen molar-refractivity contribution >= 4 is 6.03 Å². The molecule has 6 nitrogen and oxygen atoms in total. The van der Waals surface area contributed by atoms with Crippen molar-refractivity contribution in [2.75, 3.05) is 0 Å². The molecule has 0 aliphatic heterocycles. The van der Waals surface area contributed by atoms with Crippen LogP contribution in [0.2, 0.25) is 0 Å². The zero-order chi connectivity index (χ0) is 18.1. The molecule has 1 aliphatic carbocycles. The summed E-state index contributed by atoms with van der Waals surface area (Å²) in [6, 6.07) is 3.96. The number of aryl methyl sites for hydroxylation is 2. The lowest BCUT2D eigenvalue weighted by Gasteiger charge is -2.30. The summed E-state index contributed by atoms with van der Waals surface area (Å²) in [4.78, 5) is 15.0. The molecule has 2 heterocycles. The van der Waals surface area contributed by atoms with Gasteiger partial charge in [-0.05, 0) is 52.2 Å². The third-order valence-corrected chi connectivity index (χ3v) is 5.17. The number of hydrogen-bond donors (Lipinski definition) is 1. The minimum atomic E-state index is -0.0731. The second kappa shape index (κ2) is 6.94. The molecule has 2 aromatic rings. The highest BCUT2D eigenvalue weighted by Gasteiger charge is 2.38. The molecular weight excluding hydrogens is 316 g/mol. The second-order valence-electron chi connectivity index (χ2n) is 6.95. The van der Waals surface area contributed by atoms with Crippen LogP contribution in [-0.4, -0.2) is 26.8 Å². The molecule has 1 fully saturated rings. The van der Waals surface area contributed by atoms with Crippen molar-refractivity contribution in [1.82, 2.24) is 20.0 Å². The van der Waals surface area contributed by atoms with E-state index in [-0.39, 0.29) is 18.1 Å². The molecule has 0 aromatic carbocycles. The van der Waals surface area contributed by atoms with Gasteiger partial charge in [0.05, 0.1) is 24.0 Å². The summed E-state index contributed by atoms with van der Waals surface area (Å²) in [5, 5.41) is 7.73. The van der Waals surface area contributed by atoms with E-state index in [1.54, 1.807) is 6.26 Å². The highest BCUT2D eigenvalue weighted by Crippen LogP contribution is 2.35. The number of hydrogen-bond acceptors (Lipinski definition) is 3. The van der Waals surface area contributed by atoms with Crippen LogP contribution in [0, 0.1) is 13.8 Å². The molecule has 0 saturated heterocycles. The molecule has 1 saturated carbocycles. The van der Waals surface area contributed by atoms with Crippen LogP contribution in [0.1, 0.15) is 67.9 Å². The molecule has 2 atom stereocenters. The molecular formula is C19H28N4O2. The van der Waals surface area contributed by atoms with Gasteiger partial charge in [-0.25, -0.2) is 4.79 Å². The van der Waals surface area contributed by atoms with Gasteiger partial charge in [0.15, 0.2) is 0 Å². The van der Waals surface area contributed by atoms with Crippen LogP contribution in [0.4, 0.5) is 4.79 Å². The first-order valence-electron chi connectivity index (χ1n) is 9.06. The van der Waals surface area contributed by atoms with E-state index in [0.29, 0.717) is 6.04 Å². The van der Waals surface area contributed by atoms with Crippen molar-refractivity contribution in [1.29, 1.82) is 0 Å². The topological polar surface area (TPSA) is 63.3 Å². The highest BCUT2D eigenvalue weighted by molar-refractivity contribution is 5.76. The monoisotopic (exact) mass is 344 g/mol. The largest absolute Gasteiger partial charge is 0.467 e. The van der Waals surface area contributed by atoms with Gasteiger partial charge in [-0.3, -0.25) is 4.68 Å². The normalized spacial score (nSPS) is 16.5. The summed E-state index contributed by atoms with van der Waals surface area (Å²) < 4.78 is 7.41. The number of carbonyl (C=O) groups excluding carboxylic acids is 1. The number of furan rings is 1. The quantitative estimate of drug-likeness (QED) is 0.861. The predicted molar refractivity (Wildman–Crippen MR) is 96.2 cm³/mol. The van der Waals surface area contributed by atoms with E-state index in [4.69, 9.17) is 4.42 Å². The zero-order valence-corrected chi connectivity index (χ0v) is 15.7. The molecule has 1 aliphatic rings. The predicted octanol–water partition coefficient (Wildman–Crippen LogP) is 4.02. The van der Waals surface area contributed by atoms with Crippen molar-refractivity contribution in [3.05, 3.63) is 41.1 Å². The van der Waals surface area contributed by atoms with Crippen molar-refractivity contribution in [3.8, 4) is 0 Å². The number of urea groups is 1. The Morgan fingerprint density at radius 2 is 2.20 bits per heavy atom. The lowest BCUT2D eigenvalue weighted by atomic mass is 10.0. The summed E-state index contributed by atoms with van der Waals surface area (Å²) in [6.07, 6.45) is 4.60. The number of carbonyl (C=O) groups is 1. The third-order valence-electron chi connectivity index (χ3n) is 5.17. The number of rotatable bonds is 6. The van der Waals surface area contributed by atoms with Gasteiger partial charge < -0.3 is 14.6 Å². The van der Waals surface area contributed by atoms with Gasteiger partial charge >= 0.3 is 6.03 Å². The summed E-state index contributed by atoms with van der Waals surface area (Å²) in [6.45, 7) is 8.17. The maximum atomic E-state index is 13.1. The molecule has 0 unspecified atom stereocenters. The Balaban J connectivity index is 1.80. The van der Waals surface area contributed by atoms with E-state index in [1.165, 1.54) is 0 Å². The van der Waals surface area contributed by atoms with Gasteiger partial charge in [-0.1, -0.05) is 6.92 Å². The van der Waals surface area contributed by atoms with Crippen LogP contribution in [0.15, 0.2) is 22.8 Å². The maximum Gasteiger partial charge on any atom is 0.318 e. The van der Waals surface area contributed by atoms with Gasteiger partial charge in [0.1, 0.15) is 5.76 Å². The summed E-state index contributed by atoms with van der Waals surface area (Å²) >= 11 is 0. The Kier molecular flexibility index (Phi) is 4.88. The van der Waals surface area contributed by atoms with Crippen LogP contribution >= 0.6 is 0 Å². The van der Waals surface area contributed by atoms with Gasteiger partial charge in [0.2, 0.25) is 0 Å². The first kappa shape index (κ1) is 17.6. The Labute approximate surface area is 149 Å². The fourth-order valence-corrected chi connectivity index (χ4v) is 3.57. The Hall–Kier alpha value is -2.24. The van der Waals surface area contributed by atoms with E-state index in [9.17, 15) is 4.79 Å². The van der Waals surface area contributed by atoms with Crippen molar-refractivity contribution in [3.63, 3.8) is 0 Å². The minimum Gasteiger partial charge on any atom is -0.467 e. The number of aromatic nitrogens is 2. The number of amides is 2. The Bertz CT molecular complexity index is 731. The molecule has 3 rings (SSSR count). The number of nitrogens with one attached hydrogen (secondary N) is 1. The van der Waals surface area contributed by atoms with Gasteiger partial charge in [0, 0.05) is 24.3 Å². The van der Waals surface area contributed by atoms with Crippen LogP contribution in [0.3, 0.4) is 0 Å². The molecule has 6 heteroatoms. The van der Waals surface area contributed by atoms with Gasteiger partial charge in [0.25, 0.3) is 0 Å². The average molecular weight is 344 g/mol. The summed E-state index contributed by atoms with van der Waals surface area (Å²) in [7, 11) is 1.94. The molecule has 2 amide bonds. The lowest BCUT2D eigenvalue weighted by Crippen LogP contribution is -2.44. The molecule has 0 radical (unpaired) electrons. The maximum absolute atomic E-state index is 13.1. The first-order valence-corrected chi connectivity index (χ1v) is 9.06. The van der Waals surface area contributed by atoms with Crippen LogP contribution in [0.5, 0.6) is 0 Å². The van der Waals surface area contributed by atoms with Crippen molar-refractivity contribution in [2.24, 2.45) is 7.05 Å². The fourth-order valence-electron chi connectivity index (χ4n) is 3.57. The van der Waals surface area contributed by atoms with E-state index < -0.39 is 0 Å². The standard InChI is InChI=1S/C19H28N4O2/c1-6-16(18-12(2)21-22(5)14(18)4)20-19(24)23(15-9-10-15)13(3)17-8-7-11-25-17/h7-8,11,13,15-16H,6,9-10H2,1-5H3,(H,20,24)/t13-,16-/m1/s1. The second-order valence-corrected chi connectivity index (χ2v) is 6.95. The fraction of sp³-hybridized carbons (Fsp3) is 0.579. The highest BCUT2D eigenvalue weighted by atomic mass is 16.3. The number of nitrogens with zero attached hydrogens (tertiary/aromatic N) is 3. The zero-order valence-electron chi connectivity index (χ0n) is 15.7. The summed E-state index contributed by atoms with van der Waals surface area (Å²) in [5.74, 6) is 0.823. The van der Waals surface area contributed by atoms with Crippen LogP contribution in [-0.2, 0) is 7.05 Å². The minimum absolute atomic E-state index is 0.0269. The Morgan fingerprint density at radius 3 is 2.68 bits per heavy atom. The molecule has 25 heavy (non-hydrogen) atoms.